The van der Waals surface area contributed by atoms with Gasteiger partial charge in [-0.1, -0.05) is 37.6 Å². The molecule has 4 nitrogen and oxygen atoms in total. The summed E-state index contributed by atoms with van der Waals surface area (Å²) in [5.74, 6) is 0.0733. The molecule has 148 valence electrons. The zero-order valence-electron chi connectivity index (χ0n) is 17.2. The van der Waals surface area contributed by atoms with Gasteiger partial charge in [0.2, 0.25) is 0 Å². The Morgan fingerprint density at radius 3 is 2.62 bits per heavy atom. The fraction of sp³-hybridized carbons (Fsp3) is 0.773. The van der Waals surface area contributed by atoms with Crippen LogP contribution in [-0.2, 0) is 9.53 Å². The first-order valence-corrected chi connectivity index (χ1v) is 9.87. The highest BCUT2D eigenvalue weighted by atomic mass is 16.6. The standard InChI is InChI=1S/C22H36O4/c1-14-7-9-22(6)10-8-18(21(4,5)26-16(3)23)20(22)19(25)13-15(2)12-17(24)11-14/h7,9,12,14,17-20,24-25H,8,10-11,13H2,1-6H3/b9-7+,15-12+/t14-,17+,18-,19+,20-,22+/m1/s1. The van der Waals surface area contributed by atoms with Crippen LogP contribution in [0.15, 0.2) is 23.8 Å². The lowest BCUT2D eigenvalue weighted by atomic mass is 9.68. The number of fused-ring (bicyclic) bond motifs is 1. The van der Waals surface area contributed by atoms with Crippen molar-refractivity contribution >= 4 is 5.97 Å². The molecule has 4 heteroatoms. The van der Waals surface area contributed by atoms with Gasteiger partial charge in [0, 0.05) is 18.8 Å². The van der Waals surface area contributed by atoms with Crippen LogP contribution in [0, 0.1) is 23.2 Å². The van der Waals surface area contributed by atoms with Crippen LogP contribution in [0.25, 0.3) is 0 Å². The van der Waals surface area contributed by atoms with Gasteiger partial charge in [-0.05, 0) is 57.8 Å². The molecule has 26 heavy (non-hydrogen) atoms. The second-order valence-corrected chi connectivity index (χ2v) is 9.30. The predicted octanol–water partition coefficient (Wildman–Crippen LogP) is 4.01. The Balaban J connectivity index is 2.42. The fourth-order valence-corrected chi connectivity index (χ4v) is 5.17. The van der Waals surface area contributed by atoms with Gasteiger partial charge in [-0.15, -0.1) is 0 Å². The highest BCUT2D eigenvalue weighted by Gasteiger charge is 2.53. The Labute approximate surface area is 158 Å². The summed E-state index contributed by atoms with van der Waals surface area (Å²) < 4.78 is 5.65. The molecule has 0 aliphatic heterocycles. The highest BCUT2D eigenvalue weighted by Crippen LogP contribution is 2.54. The van der Waals surface area contributed by atoms with Gasteiger partial charge < -0.3 is 14.9 Å². The number of esters is 1. The van der Waals surface area contributed by atoms with Gasteiger partial charge in [0.05, 0.1) is 12.2 Å². The molecule has 2 aliphatic carbocycles. The van der Waals surface area contributed by atoms with Gasteiger partial charge in [-0.3, -0.25) is 4.79 Å². The summed E-state index contributed by atoms with van der Waals surface area (Å²) >= 11 is 0. The average Bonchev–Trinajstić information content (AvgIpc) is 2.81. The minimum Gasteiger partial charge on any atom is -0.460 e. The molecule has 1 fully saturated rings. The van der Waals surface area contributed by atoms with Crippen LogP contribution in [-0.4, -0.2) is 34.0 Å². The fourth-order valence-electron chi connectivity index (χ4n) is 5.17. The van der Waals surface area contributed by atoms with E-state index in [2.05, 4.69) is 26.0 Å². The topological polar surface area (TPSA) is 66.8 Å². The Hall–Kier alpha value is -1.13. The third kappa shape index (κ3) is 4.77. The van der Waals surface area contributed by atoms with Gasteiger partial charge in [0.25, 0.3) is 0 Å². The summed E-state index contributed by atoms with van der Waals surface area (Å²) in [6, 6.07) is 0. The molecule has 2 N–H and O–H groups in total. The van der Waals surface area contributed by atoms with E-state index >= 15 is 0 Å². The van der Waals surface area contributed by atoms with Crippen molar-refractivity contribution in [3.63, 3.8) is 0 Å². The van der Waals surface area contributed by atoms with Crippen molar-refractivity contribution in [2.75, 3.05) is 0 Å². The lowest BCUT2D eigenvalue weighted by Crippen LogP contribution is -2.45. The Morgan fingerprint density at radius 1 is 1.35 bits per heavy atom. The molecular weight excluding hydrogens is 328 g/mol. The monoisotopic (exact) mass is 364 g/mol. The maximum atomic E-state index is 11.6. The second kappa shape index (κ2) is 7.85. The van der Waals surface area contributed by atoms with Gasteiger partial charge >= 0.3 is 5.97 Å². The van der Waals surface area contributed by atoms with Crippen LogP contribution in [0.3, 0.4) is 0 Å². The Bertz CT molecular complexity index is 577. The molecular formula is C22H36O4. The summed E-state index contributed by atoms with van der Waals surface area (Å²) in [6.07, 6.45) is 8.36. The quantitative estimate of drug-likeness (QED) is 0.574. The number of hydrogen-bond acceptors (Lipinski definition) is 4. The van der Waals surface area contributed by atoms with Gasteiger partial charge in [0.15, 0.2) is 0 Å². The van der Waals surface area contributed by atoms with Gasteiger partial charge in [-0.2, -0.15) is 0 Å². The number of hydrogen-bond donors (Lipinski definition) is 2. The number of rotatable bonds is 2. The van der Waals surface area contributed by atoms with Gasteiger partial charge in [-0.25, -0.2) is 0 Å². The maximum Gasteiger partial charge on any atom is 0.303 e. The zero-order valence-corrected chi connectivity index (χ0v) is 17.2. The SMILES string of the molecule is CC(=O)OC(C)(C)[C@@H]1CC[C@]2(C)/C=C/[C@@H](C)C[C@H](O)/C=C(\C)C[C@H](O)[C@@H]12. The van der Waals surface area contributed by atoms with E-state index in [4.69, 9.17) is 4.74 Å². The molecule has 0 saturated heterocycles. The summed E-state index contributed by atoms with van der Waals surface area (Å²) in [6.45, 7) is 11.7. The number of allylic oxidation sites excluding steroid dienone is 2. The lowest BCUT2D eigenvalue weighted by Gasteiger charge is -2.41. The molecule has 0 amide bonds. The molecule has 6 atom stereocenters. The van der Waals surface area contributed by atoms with E-state index in [0.29, 0.717) is 12.8 Å². The lowest BCUT2D eigenvalue weighted by molar-refractivity contribution is -0.163. The molecule has 2 aliphatic rings. The molecule has 0 heterocycles. The molecule has 0 bridgehead atoms. The molecule has 0 radical (unpaired) electrons. The zero-order chi connectivity index (χ0) is 19.7. The molecule has 0 spiro atoms. The molecule has 0 aromatic carbocycles. The highest BCUT2D eigenvalue weighted by molar-refractivity contribution is 5.66. The summed E-state index contributed by atoms with van der Waals surface area (Å²) in [4.78, 5) is 11.6. The number of carbonyl (C=O) groups is 1. The van der Waals surface area contributed by atoms with Gasteiger partial charge in [0.1, 0.15) is 5.60 Å². The minimum absolute atomic E-state index is 0.00103. The van der Waals surface area contributed by atoms with E-state index in [0.717, 1.165) is 18.4 Å². The first-order chi connectivity index (χ1) is 11.9. The average molecular weight is 365 g/mol. The number of aliphatic hydroxyl groups is 2. The van der Waals surface area contributed by atoms with Crippen LogP contribution in [0.5, 0.6) is 0 Å². The van der Waals surface area contributed by atoms with E-state index < -0.39 is 17.8 Å². The minimum atomic E-state index is -0.619. The van der Waals surface area contributed by atoms with Crippen LogP contribution in [0.1, 0.15) is 67.2 Å². The molecule has 0 aromatic rings. The second-order valence-electron chi connectivity index (χ2n) is 9.30. The van der Waals surface area contributed by atoms with Crippen LogP contribution < -0.4 is 0 Å². The number of aliphatic hydroxyl groups excluding tert-OH is 2. The summed E-state index contributed by atoms with van der Waals surface area (Å²) in [5, 5.41) is 21.4. The van der Waals surface area contributed by atoms with Crippen molar-refractivity contribution in [3.8, 4) is 0 Å². The van der Waals surface area contributed by atoms with Crippen molar-refractivity contribution in [1.82, 2.24) is 0 Å². The van der Waals surface area contributed by atoms with Crippen LogP contribution >= 0.6 is 0 Å². The van der Waals surface area contributed by atoms with Crippen molar-refractivity contribution in [3.05, 3.63) is 23.8 Å². The van der Waals surface area contributed by atoms with Crippen molar-refractivity contribution in [2.45, 2.75) is 85.0 Å². The van der Waals surface area contributed by atoms with Crippen molar-refractivity contribution in [1.29, 1.82) is 0 Å². The molecule has 2 rings (SSSR count). The summed E-state index contributed by atoms with van der Waals surface area (Å²) in [7, 11) is 0. The van der Waals surface area contributed by atoms with Crippen molar-refractivity contribution < 1.29 is 19.7 Å². The Morgan fingerprint density at radius 2 is 2.00 bits per heavy atom. The molecule has 0 unspecified atom stereocenters. The van der Waals surface area contributed by atoms with Crippen LogP contribution in [0.2, 0.25) is 0 Å². The third-order valence-electron chi connectivity index (χ3n) is 6.33. The smallest absolute Gasteiger partial charge is 0.303 e. The summed E-state index contributed by atoms with van der Waals surface area (Å²) in [5.41, 5.74) is 0.245. The maximum absolute atomic E-state index is 11.6. The molecule has 1 saturated carbocycles. The van der Waals surface area contributed by atoms with E-state index in [9.17, 15) is 15.0 Å². The first kappa shape index (κ1) is 21.2. The number of carbonyl (C=O) groups excluding carboxylic acids is 1. The first-order valence-electron chi connectivity index (χ1n) is 9.87. The largest absolute Gasteiger partial charge is 0.460 e. The third-order valence-corrected chi connectivity index (χ3v) is 6.33. The van der Waals surface area contributed by atoms with E-state index in [1.54, 1.807) is 0 Å². The van der Waals surface area contributed by atoms with Crippen LogP contribution in [0.4, 0.5) is 0 Å². The normalized spacial score (nSPS) is 42.2. The van der Waals surface area contributed by atoms with E-state index in [1.165, 1.54) is 6.92 Å². The predicted molar refractivity (Wildman–Crippen MR) is 103 cm³/mol. The van der Waals surface area contributed by atoms with E-state index in [1.807, 2.05) is 26.8 Å². The number of ether oxygens (including phenoxy) is 1. The molecule has 0 aromatic heterocycles. The van der Waals surface area contributed by atoms with Crippen molar-refractivity contribution in [2.24, 2.45) is 23.2 Å². The Kier molecular flexibility index (Phi) is 6.40. The van der Waals surface area contributed by atoms with E-state index in [-0.39, 0.29) is 29.1 Å².